The Morgan fingerprint density at radius 1 is 1.22 bits per heavy atom. The smallest absolute Gasteiger partial charge is 1.00 e. The molecule has 9 heavy (non-hydrogen) atoms. The number of rotatable bonds is 1. The van der Waals surface area contributed by atoms with Crippen LogP contribution in [0.15, 0.2) is 0 Å². The van der Waals surface area contributed by atoms with Gasteiger partial charge in [0.25, 0.3) is 0 Å². The van der Waals surface area contributed by atoms with Gasteiger partial charge in [-0.05, 0) is 6.42 Å². The molecule has 0 aromatic rings. The van der Waals surface area contributed by atoms with Crippen molar-refractivity contribution in [3.63, 3.8) is 0 Å². The third-order valence-corrected chi connectivity index (χ3v) is 0.224. The molecule has 0 radical (unpaired) electrons. The van der Waals surface area contributed by atoms with E-state index in [4.69, 9.17) is 5.11 Å². The molecule has 0 unspecified atom stereocenters. The Hall–Kier alpha value is 1.79. The Morgan fingerprint density at radius 2 is 1.33 bits per heavy atom. The van der Waals surface area contributed by atoms with Gasteiger partial charge in [-0.2, -0.15) is 0 Å². The Balaban J connectivity index is -0.00000000450. The number of aliphatic hydroxyl groups excluding tert-OH is 1. The number of halogens is 2. The minimum absolute atomic E-state index is 0. The molecule has 0 aromatic heterocycles. The van der Waals surface area contributed by atoms with Crippen molar-refractivity contribution in [3.05, 3.63) is 7.43 Å². The van der Waals surface area contributed by atoms with Gasteiger partial charge in [-0.25, -0.2) is 0 Å². The first-order chi connectivity index (χ1) is 1.91. The molecule has 0 fully saturated rings. The SMILES string of the molecule is CCCO.[CH3-].[Cl-].[Cl-].[Zn+2].[Zn]. The normalized spacial score (nSPS) is 3.33. The monoisotopic (exact) mass is 273 g/mol. The van der Waals surface area contributed by atoms with Gasteiger partial charge in [0.15, 0.2) is 0 Å². The molecule has 0 aliphatic carbocycles. The maximum Gasteiger partial charge on any atom is 2.00 e. The van der Waals surface area contributed by atoms with E-state index < -0.39 is 0 Å². The summed E-state index contributed by atoms with van der Waals surface area (Å²) in [4.78, 5) is 0. The molecule has 1 N–H and O–H groups in total. The second-order valence-corrected chi connectivity index (χ2v) is 0.724. The van der Waals surface area contributed by atoms with Crippen LogP contribution in [0.1, 0.15) is 13.3 Å². The van der Waals surface area contributed by atoms with E-state index in [1.54, 1.807) is 0 Å². The minimum atomic E-state index is 0. The largest absolute Gasteiger partial charge is 2.00 e. The summed E-state index contributed by atoms with van der Waals surface area (Å²) >= 11 is 0. The number of hydrogen-bond donors (Lipinski definition) is 1. The van der Waals surface area contributed by atoms with Gasteiger partial charge in [-0.3, -0.25) is 0 Å². The fourth-order valence-corrected chi connectivity index (χ4v) is 0. The molecule has 0 aliphatic rings. The molecule has 5 heteroatoms. The van der Waals surface area contributed by atoms with E-state index in [9.17, 15) is 0 Å². The molecule has 0 saturated heterocycles. The van der Waals surface area contributed by atoms with Gasteiger partial charge in [0.2, 0.25) is 0 Å². The zero-order valence-corrected chi connectivity index (χ0v) is 13.5. The van der Waals surface area contributed by atoms with E-state index in [0.717, 1.165) is 6.42 Å². The molecule has 0 heterocycles. The topological polar surface area (TPSA) is 20.2 Å². The van der Waals surface area contributed by atoms with Crippen molar-refractivity contribution in [2.24, 2.45) is 0 Å². The van der Waals surface area contributed by atoms with Gasteiger partial charge in [-0.15, -0.1) is 0 Å². The maximum atomic E-state index is 7.88. The van der Waals surface area contributed by atoms with Crippen molar-refractivity contribution in [2.75, 3.05) is 6.61 Å². The minimum Gasteiger partial charge on any atom is -1.00 e. The van der Waals surface area contributed by atoms with Crippen molar-refractivity contribution in [1.29, 1.82) is 0 Å². The van der Waals surface area contributed by atoms with Crippen molar-refractivity contribution in [1.82, 2.24) is 0 Å². The molecular weight excluding hydrogens is 266 g/mol. The van der Waals surface area contributed by atoms with Crippen LogP contribution in [-0.4, -0.2) is 11.7 Å². The Labute approximate surface area is 95.7 Å². The van der Waals surface area contributed by atoms with Crippen LogP contribution in [0.25, 0.3) is 0 Å². The van der Waals surface area contributed by atoms with Crippen molar-refractivity contribution in [3.8, 4) is 0 Å². The average Bonchev–Trinajstić information content (AvgIpc) is 1.37. The molecule has 0 aromatic carbocycles. The molecule has 0 atom stereocenters. The van der Waals surface area contributed by atoms with Crippen LogP contribution < -0.4 is 24.8 Å². The second-order valence-electron chi connectivity index (χ2n) is 0.724. The van der Waals surface area contributed by atoms with Crippen LogP contribution in [0.2, 0.25) is 0 Å². The van der Waals surface area contributed by atoms with Crippen LogP contribution in [0.3, 0.4) is 0 Å². The third-order valence-electron chi connectivity index (χ3n) is 0.224. The van der Waals surface area contributed by atoms with Crippen molar-refractivity contribution < 1.29 is 68.9 Å². The van der Waals surface area contributed by atoms with E-state index in [1.807, 2.05) is 6.92 Å². The van der Waals surface area contributed by atoms with Crippen molar-refractivity contribution >= 4 is 0 Å². The predicted octanol–water partition coefficient (Wildman–Crippen LogP) is -5.16. The van der Waals surface area contributed by atoms with Gasteiger partial charge < -0.3 is 37.3 Å². The molecule has 0 bridgehead atoms. The number of aliphatic hydroxyl groups is 1. The predicted molar refractivity (Wildman–Crippen MR) is 23.8 cm³/mol. The zero-order valence-electron chi connectivity index (χ0n) is 6.03. The van der Waals surface area contributed by atoms with Gasteiger partial charge in [0.1, 0.15) is 0 Å². The van der Waals surface area contributed by atoms with Crippen molar-refractivity contribution in [2.45, 2.75) is 13.3 Å². The maximum absolute atomic E-state index is 7.88. The van der Waals surface area contributed by atoms with Crippen LogP contribution in [-0.2, 0) is 39.0 Å². The summed E-state index contributed by atoms with van der Waals surface area (Å²) < 4.78 is 0. The fraction of sp³-hybridized carbons (Fsp3) is 0.750. The first kappa shape index (κ1) is 45.1. The van der Waals surface area contributed by atoms with E-state index in [-0.39, 0.29) is 71.2 Å². The van der Waals surface area contributed by atoms with Gasteiger partial charge in [-0.1, -0.05) is 6.92 Å². The van der Waals surface area contributed by atoms with Crippen LogP contribution in [0, 0.1) is 7.43 Å². The summed E-state index contributed by atoms with van der Waals surface area (Å²) in [6.45, 7) is 2.25. The summed E-state index contributed by atoms with van der Waals surface area (Å²) in [5.41, 5.74) is 0. The Bertz CT molecular complexity index is 18.5. The molecule has 52 valence electrons. The van der Waals surface area contributed by atoms with Gasteiger partial charge in [0.05, 0.1) is 0 Å². The summed E-state index contributed by atoms with van der Waals surface area (Å²) in [6, 6.07) is 0. The van der Waals surface area contributed by atoms with Crippen LogP contribution >= 0.6 is 0 Å². The summed E-state index contributed by atoms with van der Waals surface area (Å²) in [5, 5.41) is 7.88. The molecular formula is C4H11Cl2OZn2-. The standard InChI is InChI=1S/C3H8O.CH3.2ClH.2Zn/c1-2-3-4;;;;;/h4H,2-3H2,1H3;1H3;2*1H;;/q;-1;;;;+2/p-2. The molecule has 0 saturated carbocycles. The first-order valence-corrected chi connectivity index (χ1v) is 1.52. The molecule has 0 rings (SSSR count). The van der Waals surface area contributed by atoms with E-state index in [2.05, 4.69) is 0 Å². The molecule has 0 spiro atoms. The fourth-order valence-electron chi connectivity index (χ4n) is 0. The Kier molecular flexibility index (Phi) is 264. The number of hydrogen-bond acceptors (Lipinski definition) is 1. The molecule has 0 amide bonds. The summed E-state index contributed by atoms with van der Waals surface area (Å²) in [7, 11) is 0. The summed E-state index contributed by atoms with van der Waals surface area (Å²) in [6.07, 6.45) is 0.875. The molecule has 1 nitrogen and oxygen atoms in total. The Morgan fingerprint density at radius 3 is 1.33 bits per heavy atom. The average molecular weight is 277 g/mol. The first-order valence-electron chi connectivity index (χ1n) is 1.52. The second kappa shape index (κ2) is 52.7. The van der Waals surface area contributed by atoms with E-state index in [0.29, 0.717) is 6.61 Å². The molecule has 0 aliphatic heterocycles. The van der Waals surface area contributed by atoms with E-state index >= 15 is 0 Å². The van der Waals surface area contributed by atoms with Gasteiger partial charge >= 0.3 is 19.5 Å². The zero-order chi connectivity index (χ0) is 3.41. The van der Waals surface area contributed by atoms with Gasteiger partial charge in [0, 0.05) is 26.1 Å². The van der Waals surface area contributed by atoms with Crippen LogP contribution in [0.5, 0.6) is 0 Å². The quantitative estimate of drug-likeness (QED) is 0.375. The van der Waals surface area contributed by atoms with Crippen LogP contribution in [0.4, 0.5) is 0 Å². The van der Waals surface area contributed by atoms with E-state index in [1.165, 1.54) is 0 Å². The summed E-state index contributed by atoms with van der Waals surface area (Å²) in [5.74, 6) is 0. The third kappa shape index (κ3) is 76.4.